The third-order valence-corrected chi connectivity index (χ3v) is 7.32. The van der Waals surface area contributed by atoms with Crippen LogP contribution in [0.3, 0.4) is 0 Å². The van der Waals surface area contributed by atoms with E-state index in [9.17, 15) is 15.0 Å². The Bertz CT molecular complexity index is 1420. The van der Waals surface area contributed by atoms with E-state index in [4.69, 9.17) is 9.47 Å². The molecule has 3 aromatic carbocycles. The standard InChI is InChI=1S/C29H26N4O4/c1-36-21-13-20(14-22(15-21)37-2)33-27(30)25(24-12-19-10-6-7-11-23(19)31-24)26(34)29(33)16-32(17-29)28(35)18-8-4-3-5-9-18/h3-11,13-15,30-31H,12,16-17H2,1-2H3. The SMILES string of the molecule is COc1cc(OC)cc(N2C(=N)C(=C3Cc4ccccc4N3)C(=O)C23CN(C(=O)c2ccccc2)C3)c1. The number of para-hydroxylation sites is 1. The number of ether oxygens (including phenoxy) is 2. The lowest BCUT2D eigenvalue weighted by Crippen LogP contribution is -2.72. The Kier molecular flexibility index (Phi) is 5.26. The van der Waals surface area contributed by atoms with Crippen LogP contribution in [0.5, 0.6) is 11.5 Å². The molecule has 3 aliphatic rings. The quantitative estimate of drug-likeness (QED) is 0.535. The second-order valence-electron chi connectivity index (χ2n) is 9.46. The number of carbonyl (C=O) groups excluding carboxylic acids is 2. The van der Waals surface area contributed by atoms with Crippen LogP contribution in [0.2, 0.25) is 0 Å². The summed E-state index contributed by atoms with van der Waals surface area (Å²) in [5.74, 6) is 0.901. The molecule has 6 rings (SSSR count). The summed E-state index contributed by atoms with van der Waals surface area (Å²) in [4.78, 5) is 30.7. The molecule has 2 N–H and O–H groups in total. The van der Waals surface area contributed by atoms with Crippen molar-refractivity contribution in [3.8, 4) is 11.5 Å². The van der Waals surface area contributed by atoms with Crippen LogP contribution in [0.4, 0.5) is 11.4 Å². The number of allylic oxidation sites excluding steroid dienone is 1. The number of nitrogens with zero attached hydrogens (tertiary/aromatic N) is 2. The molecule has 0 atom stereocenters. The summed E-state index contributed by atoms with van der Waals surface area (Å²) in [7, 11) is 3.12. The maximum atomic E-state index is 14.2. The van der Waals surface area contributed by atoms with Crippen LogP contribution < -0.4 is 19.7 Å². The number of rotatable bonds is 4. The van der Waals surface area contributed by atoms with Crippen molar-refractivity contribution in [1.29, 1.82) is 5.41 Å². The minimum Gasteiger partial charge on any atom is -0.497 e. The van der Waals surface area contributed by atoms with E-state index in [1.807, 2.05) is 42.5 Å². The van der Waals surface area contributed by atoms with Crippen molar-refractivity contribution in [3.05, 3.63) is 95.2 Å². The number of hydrogen-bond acceptors (Lipinski definition) is 6. The molecular formula is C29H26N4O4. The van der Waals surface area contributed by atoms with Gasteiger partial charge in [0.25, 0.3) is 5.91 Å². The Morgan fingerprint density at radius 1 is 0.946 bits per heavy atom. The van der Waals surface area contributed by atoms with Crippen LogP contribution in [0, 0.1) is 5.41 Å². The Morgan fingerprint density at radius 2 is 1.59 bits per heavy atom. The van der Waals surface area contributed by atoms with Gasteiger partial charge in [-0.1, -0.05) is 36.4 Å². The monoisotopic (exact) mass is 494 g/mol. The molecule has 37 heavy (non-hydrogen) atoms. The number of Topliss-reactive ketones (excluding diaryl/α,β-unsaturated/α-hetero) is 1. The van der Waals surface area contributed by atoms with Gasteiger partial charge < -0.3 is 24.6 Å². The van der Waals surface area contributed by atoms with Gasteiger partial charge in [0.15, 0.2) is 5.78 Å². The number of ketones is 1. The van der Waals surface area contributed by atoms with E-state index in [1.54, 1.807) is 54.4 Å². The van der Waals surface area contributed by atoms with E-state index in [2.05, 4.69) is 5.32 Å². The van der Waals surface area contributed by atoms with Crippen molar-refractivity contribution in [3.63, 3.8) is 0 Å². The number of amides is 1. The fraction of sp³-hybridized carbons (Fsp3) is 0.207. The Labute approximate surface area is 214 Å². The summed E-state index contributed by atoms with van der Waals surface area (Å²) in [5.41, 5.74) is 3.17. The largest absolute Gasteiger partial charge is 0.497 e. The highest BCUT2D eigenvalue weighted by Gasteiger charge is 2.63. The molecule has 3 aliphatic heterocycles. The number of hydrogen-bond donors (Lipinski definition) is 2. The molecule has 0 bridgehead atoms. The van der Waals surface area contributed by atoms with Gasteiger partial charge in [0.1, 0.15) is 22.9 Å². The number of carbonyl (C=O) groups is 2. The predicted molar refractivity (Wildman–Crippen MR) is 141 cm³/mol. The molecule has 8 nitrogen and oxygen atoms in total. The fourth-order valence-corrected chi connectivity index (χ4v) is 5.47. The number of anilines is 2. The van der Waals surface area contributed by atoms with Gasteiger partial charge in [-0.25, -0.2) is 0 Å². The molecule has 0 radical (unpaired) electrons. The van der Waals surface area contributed by atoms with Gasteiger partial charge in [0, 0.05) is 41.6 Å². The third-order valence-electron chi connectivity index (χ3n) is 7.32. The van der Waals surface area contributed by atoms with Crippen molar-refractivity contribution in [2.24, 2.45) is 0 Å². The molecule has 0 aromatic heterocycles. The topological polar surface area (TPSA) is 95.0 Å². The number of amidine groups is 1. The van der Waals surface area contributed by atoms with Gasteiger partial charge >= 0.3 is 0 Å². The van der Waals surface area contributed by atoms with Gasteiger partial charge in [0.2, 0.25) is 0 Å². The Balaban J connectivity index is 1.43. The van der Waals surface area contributed by atoms with Gasteiger partial charge in [-0.2, -0.15) is 0 Å². The predicted octanol–water partition coefficient (Wildman–Crippen LogP) is 3.89. The first kappa shape index (κ1) is 22.8. The maximum Gasteiger partial charge on any atom is 0.254 e. The zero-order valence-electron chi connectivity index (χ0n) is 20.6. The normalized spacial score (nSPS) is 19.5. The van der Waals surface area contributed by atoms with E-state index in [1.165, 1.54) is 0 Å². The molecule has 2 saturated heterocycles. The van der Waals surface area contributed by atoms with Gasteiger partial charge in [0.05, 0.1) is 38.6 Å². The maximum absolute atomic E-state index is 14.2. The van der Waals surface area contributed by atoms with Gasteiger partial charge in [-0.05, 0) is 23.8 Å². The average Bonchev–Trinajstić information content (AvgIpc) is 3.43. The molecule has 0 aliphatic carbocycles. The van der Waals surface area contributed by atoms with Gasteiger partial charge in [-0.15, -0.1) is 0 Å². The molecule has 8 heteroatoms. The molecule has 1 amide bonds. The Hall–Kier alpha value is -4.59. The lowest BCUT2D eigenvalue weighted by Gasteiger charge is -2.51. The highest BCUT2D eigenvalue weighted by Crippen LogP contribution is 2.46. The lowest BCUT2D eigenvalue weighted by molar-refractivity contribution is -0.123. The summed E-state index contributed by atoms with van der Waals surface area (Å²) in [5, 5.41) is 12.6. The van der Waals surface area contributed by atoms with Crippen molar-refractivity contribution in [2.75, 3.05) is 37.5 Å². The minimum absolute atomic E-state index is 0.0995. The Morgan fingerprint density at radius 3 is 2.24 bits per heavy atom. The van der Waals surface area contributed by atoms with E-state index < -0.39 is 5.54 Å². The van der Waals surface area contributed by atoms with Crippen LogP contribution >= 0.6 is 0 Å². The summed E-state index contributed by atoms with van der Waals surface area (Å²) in [6, 6.07) is 22.3. The summed E-state index contributed by atoms with van der Waals surface area (Å²) >= 11 is 0. The zero-order valence-corrected chi connectivity index (χ0v) is 20.6. The second kappa shape index (κ2) is 8.51. The first-order valence-corrected chi connectivity index (χ1v) is 12.0. The molecule has 3 aromatic rings. The van der Waals surface area contributed by atoms with E-state index >= 15 is 0 Å². The van der Waals surface area contributed by atoms with E-state index in [0.29, 0.717) is 40.4 Å². The zero-order chi connectivity index (χ0) is 25.7. The van der Waals surface area contributed by atoms with Crippen LogP contribution in [0.25, 0.3) is 0 Å². The number of fused-ring (bicyclic) bond motifs is 1. The summed E-state index contributed by atoms with van der Waals surface area (Å²) in [6.45, 7) is 0.344. The number of likely N-dealkylation sites (tertiary alicyclic amines) is 1. The molecule has 186 valence electrons. The van der Waals surface area contributed by atoms with Crippen molar-refractivity contribution >= 4 is 28.9 Å². The van der Waals surface area contributed by atoms with Gasteiger partial charge in [-0.3, -0.25) is 15.0 Å². The second-order valence-corrected chi connectivity index (χ2v) is 9.46. The van der Waals surface area contributed by atoms with E-state index in [0.717, 1.165) is 11.3 Å². The van der Waals surface area contributed by atoms with Crippen molar-refractivity contribution in [2.45, 2.75) is 12.0 Å². The lowest BCUT2D eigenvalue weighted by atomic mass is 9.83. The average molecular weight is 495 g/mol. The number of benzene rings is 3. The molecule has 0 saturated carbocycles. The van der Waals surface area contributed by atoms with E-state index in [-0.39, 0.29) is 30.6 Å². The first-order valence-electron chi connectivity index (χ1n) is 12.0. The molecule has 3 heterocycles. The van der Waals surface area contributed by atoms with Crippen LogP contribution in [-0.4, -0.2) is 55.3 Å². The summed E-state index contributed by atoms with van der Waals surface area (Å²) < 4.78 is 10.9. The summed E-state index contributed by atoms with van der Waals surface area (Å²) in [6.07, 6.45) is 0.539. The molecular weight excluding hydrogens is 468 g/mol. The highest BCUT2D eigenvalue weighted by atomic mass is 16.5. The fourth-order valence-electron chi connectivity index (χ4n) is 5.47. The smallest absolute Gasteiger partial charge is 0.254 e. The molecule has 1 spiro atoms. The molecule has 0 unspecified atom stereocenters. The van der Waals surface area contributed by atoms with Crippen molar-refractivity contribution < 1.29 is 19.1 Å². The molecule has 2 fully saturated rings. The number of nitrogens with one attached hydrogen (secondary N) is 2. The van der Waals surface area contributed by atoms with Crippen LogP contribution in [-0.2, 0) is 11.2 Å². The number of methoxy groups -OCH3 is 2. The van der Waals surface area contributed by atoms with Crippen LogP contribution in [0.15, 0.2) is 84.1 Å². The first-order chi connectivity index (χ1) is 17.9. The minimum atomic E-state index is -1.09. The van der Waals surface area contributed by atoms with Crippen molar-refractivity contribution in [1.82, 2.24) is 4.90 Å². The highest BCUT2D eigenvalue weighted by molar-refractivity contribution is 6.37. The van der Waals surface area contributed by atoms with Crippen LogP contribution in [0.1, 0.15) is 15.9 Å². The third kappa shape index (κ3) is 3.48.